The van der Waals surface area contributed by atoms with Gasteiger partial charge in [0.25, 0.3) is 0 Å². The summed E-state index contributed by atoms with van der Waals surface area (Å²) < 4.78 is 10.5. The van der Waals surface area contributed by atoms with Crippen molar-refractivity contribution in [1.29, 1.82) is 0 Å². The maximum Gasteiger partial charge on any atom is 0.410 e. The Kier molecular flexibility index (Phi) is 5.53. The van der Waals surface area contributed by atoms with Gasteiger partial charge in [-0.2, -0.15) is 0 Å². The van der Waals surface area contributed by atoms with Crippen LogP contribution in [-0.2, 0) is 4.74 Å². The molecule has 1 aliphatic heterocycles. The fourth-order valence-electron chi connectivity index (χ4n) is 2.83. The Morgan fingerprint density at radius 3 is 2.39 bits per heavy atom. The van der Waals surface area contributed by atoms with Gasteiger partial charge in [0.05, 0.1) is 18.3 Å². The van der Waals surface area contributed by atoms with Gasteiger partial charge in [0.15, 0.2) is 0 Å². The third-order valence-electron chi connectivity index (χ3n) is 4.23. The summed E-state index contributed by atoms with van der Waals surface area (Å²) in [6, 6.07) is 4.96. The van der Waals surface area contributed by atoms with Crippen LogP contribution >= 0.6 is 0 Å². The number of piperazine rings is 1. The molecule has 0 bridgehead atoms. The lowest BCUT2D eigenvalue weighted by Crippen LogP contribution is -2.52. The number of rotatable bonds is 2. The highest BCUT2D eigenvalue weighted by atomic mass is 16.6. The van der Waals surface area contributed by atoms with Crippen LogP contribution in [0.5, 0.6) is 5.88 Å². The number of amides is 3. The maximum absolute atomic E-state index is 12.7. The number of hydrogen-bond acceptors (Lipinski definition) is 6. The number of anilines is 1. The van der Waals surface area contributed by atoms with Gasteiger partial charge in [-0.1, -0.05) is 0 Å². The third-order valence-corrected chi connectivity index (χ3v) is 4.23. The van der Waals surface area contributed by atoms with E-state index in [4.69, 9.17) is 9.47 Å². The van der Waals surface area contributed by atoms with Crippen LogP contribution in [-0.4, -0.2) is 70.8 Å². The number of pyridine rings is 2. The zero-order valence-corrected chi connectivity index (χ0v) is 16.6. The fourth-order valence-corrected chi connectivity index (χ4v) is 2.83. The van der Waals surface area contributed by atoms with E-state index in [1.807, 2.05) is 20.8 Å². The molecule has 1 N–H and O–H groups in total. The zero-order chi connectivity index (χ0) is 20.3. The standard InChI is InChI=1S/C19H25N5O4/c1-19(2,3)28-18(26)24-11-9-23(10-12-24)17(25)21-14-7-8-20-13-5-6-15(27-4)22-16(13)14/h5-8H,9-12H2,1-4H3,(H,20,21,25). The van der Waals surface area contributed by atoms with E-state index in [2.05, 4.69) is 15.3 Å². The van der Waals surface area contributed by atoms with E-state index in [1.165, 1.54) is 7.11 Å². The van der Waals surface area contributed by atoms with Crippen LogP contribution in [0.1, 0.15) is 20.8 Å². The second kappa shape index (κ2) is 7.87. The van der Waals surface area contributed by atoms with Crippen LogP contribution in [0.15, 0.2) is 24.4 Å². The lowest BCUT2D eigenvalue weighted by Gasteiger charge is -2.35. The highest BCUT2D eigenvalue weighted by molar-refractivity contribution is 5.98. The van der Waals surface area contributed by atoms with E-state index in [9.17, 15) is 9.59 Å². The molecular weight excluding hydrogens is 362 g/mol. The Balaban J connectivity index is 1.64. The minimum atomic E-state index is -0.540. The van der Waals surface area contributed by atoms with Crippen molar-refractivity contribution in [3.05, 3.63) is 24.4 Å². The first-order chi connectivity index (χ1) is 13.3. The first-order valence-corrected chi connectivity index (χ1v) is 9.10. The number of hydrogen-bond donors (Lipinski definition) is 1. The normalized spacial score (nSPS) is 14.7. The highest BCUT2D eigenvalue weighted by Crippen LogP contribution is 2.22. The van der Waals surface area contributed by atoms with Crippen molar-refractivity contribution in [2.75, 3.05) is 38.6 Å². The molecule has 0 radical (unpaired) electrons. The molecule has 1 fully saturated rings. The molecule has 1 aliphatic rings. The Labute approximate surface area is 163 Å². The first kappa shape index (κ1) is 19.7. The van der Waals surface area contributed by atoms with E-state index < -0.39 is 5.60 Å². The van der Waals surface area contributed by atoms with Crippen molar-refractivity contribution in [2.24, 2.45) is 0 Å². The number of carbonyl (C=O) groups excluding carboxylic acids is 2. The van der Waals surface area contributed by atoms with Crippen molar-refractivity contribution in [3.63, 3.8) is 0 Å². The number of nitrogens with zero attached hydrogens (tertiary/aromatic N) is 4. The quantitative estimate of drug-likeness (QED) is 0.851. The number of methoxy groups -OCH3 is 1. The van der Waals surface area contributed by atoms with Gasteiger partial charge in [0.1, 0.15) is 11.1 Å². The summed E-state index contributed by atoms with van der Waals surface area (Å²) in [6.07, 6.45) is 1.26. The minimum Gasteiger partial charge on any atom is -0.481 e. The van der Waals surface area contributed by atoms with Gasteiger partial charge in [0.2, 0.25) is 5.88 Å². The fraction of sp³-hybridized carbons (Fsp3) is 0.474. The van der Waals surface area contributed by atoms with E-state index >= 15 is 0 Å². The molecule has 9 nitrogen and oxygen atoms in total. The van der Waals surface area contributed by atoms with Gasteiger partial charge in [-0.15, -0.1) is 0 Å². The summed E-state index contributed by atoms with van der Waals surface area (Å²) in [5.41, 5.74) is 1.24. The monoisotopic (exact) mass is 387 g/mol. The molecule has 1 saturated heterocycles. The Bertz CT molecular complexity index is 872. The molecule has 3 rings (SSSR count). The van der Waals surface area contributed by atoms with Gasteiger partial charge in [0, 0.05) is 38.4 Å². The molecule has 0 atom stereocenters. The summed E-state index contributed by atoms with van der Waals surface area (Å²) in [4.78, 5) is 36.7. The molecule has 2 aromatic rings. The van der Waals surface area contributed by atoms with Gasteiger partial charge < -0.3 is 24.6 Å². The van der Waals surface area contributed by atoms with E-state index in [-0.39, 0.29) is 12.1 Å². The predicted octanol–water partition coefficient (Wildman–Crippen LogP) is 2.72. The van der Waals surface area contributed by atoms with E-state index in [1.54, 1.807) is 34.2 Å². The number of fused-ring (bicyclic) bond motifs is 1. The van der Waals surface area contributed by atoms with Crippen LogP contribution in [0.3, 0.4) is 0 Å². The van der Waals surface area contributed by atoms with Gasteiger partial charge in [-0.25, -0.2) is 14.6 Å². The van der Waals surface area contributed by atoms with E-state index in [0.29, 0.717) is 48.8 Å². The molecule has 0 unspecified atom stereocenters. The molecule has 28 heavy (non-hydrogen) atoms. The molecule has 3 heterocycles. The second-order valence-electron chi connectivity index (χ2n) is 7.46. The topological polar surface area (TPSA) is 96.9 Å². The van der Waals surface area contributed by atoms with Crippen molar-refractivity contribution in [3.8, 4) is 5.88 Å². The summed E-state index contributed by atoms with van der Waals surface area (Å²) >= 11 is 0. The molecule has 9 heteroatoms. The number of carbonyl (C=O) groups is 2. The number of nitrogens with one attached hydrogen (secondary N) is 1. The predicted molar refractivity (Wildman–Crippen MR) is 104 cm³/mol. The number of ether oxygens (including phenoxy) is 2. The number of aromatic nitrogens is 2. The van der Waals surface area contributed by atoms with E-state index in [0.717, 1.165) is 0 Å². The van der Waals surface area contributed by atoms with Crippen LogP contribution in [0.4, 0.5) is 15.3 Å². The molecule has 150 valence electrons. The third kappa shape index (κ3) is 4.59. The minimum absolute atomic E-state index is 0.249. The molecule has 3 amide bonds. The van der Waals surface area contributed by atoms with Crippen molar-refractivity contribution < 1.29 is 19.1 Å². The Morgan fingerprint density at radius 1 is 1.07 bits per heavy atom. The molecule has 0 spiro atoms. The molecular formula is C19H25N5O4. The van der Waals surface area contributed by atoms with Gasteiger partial charge in [-0.3, -0.25) is 4.98 Å². The van der Waals surface area contributed by atoms with Gasteiger partial charge in [-0.05, 0) is 32.9 Å². The summed E-state index contributed by atoms with van der Waals surface area (Å²) in [7, 11) is 1.53. The van der Waals surface area contributed by atoms with Crippen LogP contribution in [0.25, 0.3) is 11.0 Å². The summed E-state index contributed by atoms with van der Waals surface area (Å²) in [5.74, 6) is 0.446. The summed E-state index contributed by atoms with van der Waals surface area (Å²) in [6.45, 7) is 7.18. The van der Waals surface area contributed by atoms with Crippen LogP contribution < -0.4 is 10.1 Å². The SMILES string of the molecule is COc1ccc2nccc(NC(=O)N3CCN(C(=O)OC(C)(C)C)CC3)c2n1. The van der Waals surface area contributed by atoms with Crippen LogP contribution in [0.2, 0.25) is 0 Å². The molecule has 0 saturated carbocycles. The molecule has 2 aromatic heterocycles. The van der Waals surface area contributed by atoms with Crippen molar-refractivity contribution >= 4 is 28.8 Å². The average molecular weight is 387 g/mol. The largest absolute Gasteiger partial charge is 0.481 e. The first-order valence-electron chi connectivity index (χ1n) is 9.10. The Morgan fingerprint density at radius 2 is 1.75 bits per heavy atom. The summed E-state index contributed by atoms with van der Waals surface area (Å²) in [5, 5.41) is 2.88. The molecule has 0 aliphatic carbocycles. The maximum atomic E-state index is 12.7. The van der Waals surface area contributed by atoms with Crippen molar-refractivity contribution in [1.82, 2.24) is 19.8 Å². The highest BCUT2D eigenvalue weighted by Gasteiger charge is 2.27. The lowest BCUT2D eigenvalue weighted by atomic mass is 10.2. The Hall–Kier alpha value is -3.10. The lowest BCUT2D eigenvalue weighted by molar-refractivity contribution is 0.0174. The molecule has 0 aromatic carbocycles. The average Bonchev–Trinajstić information content (AvgIpc) is 2.66. The van der Waals surface area contributed by atoms with Crippen LogP contribution in [0, 0.1) is 0 Å². The second-order valence-corrected chi connectivity index (χ2v) is 7.46. The van der Waals surface area contributed by atoms with Gasteiger partial charge >= 0.3 is 12.1 Å². The number of urea groups is 1. The van der Waals surface area contributed by atoms with Crippen molar-refractivity contribution in [2.45, 2.75) is 26.4 Å². The smallest absolute Gasteiger partial charge is 0.410 e. The zero-order valence-electron chi connectivity index (χ0n) is 16.6.